The van der Waals surface area contributed by atoms with Crippen LogP contribution in [0.4, 0.5) is 10.1 Å². The molecule has 1 aliphatic heterocycles. The van der Waals surface area contributed by atoms with Gasteiger partial charge in [-0.25, -0.2) is 4.39 Å². The number of hydrogen-bond donors (Lipinski definition) is 1. The summed E-state index contributed by atoms with van der Waals surface area (Å²) in [5.74, 6) is 0.443. The van der Waals surface area contributed by atoms with E-state index in [0.717, 1.165) is 36.3 Å². The van der Waals surface area contributed by atoms with Crippen LogP contribution in [0.5, 0.6) is 0 Å². The first-order valence-corrected chi connectivity index (χ1v) is 10.9. The molecule has 2 heterocycles. The first-order valence-electron chi connectivity index (χ1n) is 9.88. The van der Waals surface area contributed by atoms with Gasteiger partial charge in [0, 0.05) is 17.9 Å². The van der Waals surface area contributed by atoms with Crippen molar-refractivity contribution in [1.82, 2.24) is 14.8 Å². The van der Waals surface area contributed by atoms with Crippen molar-refractivity contribution in [3.8, 4) is 11.4 Å². The van der Waals surface area contributed by atoms with Crippen LogP contribution in [0, 0.1) is 12.7 Å². The van der Waals surface area contributed by atoms with Crippen molar-refractivity contribution in [2.45, 2.75) is 37.6 Å². The lowest BCUT2D eigenvalue weighted by molar-refractivity contribution is -0.113. The first kappa shape index (κ1) is 20.6. The molecular formula is C22H23FN4O2S. The quantitative estimate of drug-likeness (QED) is 0.571. The van der Waals surface area contributed by atoms with Crippen LogP contribution in [0.2, 0.25) is 0 Å². The minimum Gasteiger partial charge on any atom is -0.376 e. The molecule has 30 heavy (non-hydrogen) atoms. The number of nitrogens with one attached hydrogen (secondary N) is 1. The second-order valence-corrected chi connectivity index (χ2v) is 8.20. The fourth-order valence-electron chi connectivity index (χ4n) is 3.33. The van der Waals surface area contributed by atoms with Gasteiger partial charge >= 0.3 is 0 Å². The zero-order valence-electron chi connectivity index (χ0n) is 16.7. The third-order valence-electron chi connectivity index (χ3n) is 4.90. The topological polar surface area (TPSA) is 69.0 Å². The molecule has 1 N–H and O–H groups in total. The van der Waals surface area contributed by atoms with Gasteiger partial charge in [-0.15, -0.1) is 10.2 Å². The van der Waals surface area contributed by atoms with E-state index in [1.165, 1.54) is 23.9 Å². The summed E-state index contributed by atoms with van der Waals surface area (Å²) in [5.41, 5.74) is 2.68. The van der Waals surface area contributed by atoms with Gasteiger partial charge in [-0.3, -0.25) is 9.36 Å². The maximum Gasteiger partial charge on any atom is 0.234 e. The summed E-state index contributed by atoms with van der Waals surface area (Å²) in [4.78, 5) is 12.4. The van der Waals surface area contributed by atoms with E-state index in [9.17, 15) is 9.18 Å². The molecular weight excluding hydrogens is 403 g/mol. The standard InChI is InChI=1S/C22H23FN4O2S/c1-15-4-10-18(11-5-15)24-20(28)14-30-22-26-25-21(16-6-8-17(23)9-7-16)27(22)13-19-3-2-12-29-19/h4-11,19H,2-3,12-14H2,1H3,(H,24,28)/t19-/m0/s1. The van der Waals surface area contributed by atoms with Crippen LogP contribution < -0.4 is 5.32 Å². The van der Waals surface area contributed by atoms with Crippen LogP contribution in [0.25, 0.3) is 11.4 Å². The number of benzene rings is 2. The summed E-state index contributed by atoms with van der Waals surface area (Å²) in [7, 11) is 0. The zero-order chi connectivity index (χ0) is 20.9. The molecule has 0 aliphatic carbocycles. The SMILES string of the molecule is Cc1ccc(NC(=O)CSc2nnc(-c3ccc(F)cc3)n2C[C@@H]2CCCO2)cc1. The third kappa shape index (κ3) is 5.06. The molecule has 1 aliphatic rings. The lowest BCUT2D eigenvalue weighted by Crippen LogP contribution is -2.18. The lowest BCUT2D eigenvalue weighted by atomic mass is 10.2. The van der Waals surface area contributed by atoms with Crippen LogP contribution in [0.3, 0.4) is 0 Å². The van der Waals surface area contributed by atoms with Crippen molar-refractivity contribution in [2.24, 2.45) is 0 Å². The van der Waals surface area contributed by atoms with Gasteiger partial charge in [-0.05, 0) is 56.2 Å². The largest absolute Gasteiger partial charge is 0.376 e. The van der Waals surface area contributed by atoms with Crippen molar-refractivity contribution >= 4 is 23.4 Å². The number of aromatic nitrogens is 3. The summed E-state index contributed by atoms with van der Waals surface area (Å²) < 4.78 is 21.1. The molecule has 1 fully saturated rings. The number of amides is 1. The van der Waals surface area contributed by atoms with Crippen LogP contribution in [-0.2, 0) is 16.1 Å². The Morgan fingerprint density at radius 1 is 1.20 bits per heavy atom. The number of aryl methyl sites for hydroxylation is 1. The molecule has 0 unspecified atom stereocenters. The van der Waals surface area contributed by atoms with E-state index in [1.807, 2.05) is 35.8 Å². The lowest BCUT2D eigenvalue weighted by Gasteiger charge is -2.14. The molecule has 0 bridgehead atoms. The highest BCUT2D eigenvalue weighted by atomic mass is 32.2. The number of anilines is 1. The van der Waals surface area contributed by atoms with Crippen molar-refractivity contribution < 1.29 is 13.9 Å². The first-order chi connectivity index (χ1) is 14.6. The van der Waals surface area contributed by atoms with Gasteiger partial charge in [0.05, 0.1) is 18.4 Å². The molecule has 0 spiro atoms. The van der Waals surface area contributed by atoms with Gasteiger partial charge in [-0.1, -0.05) is 29.5 Å². The van der Waals surface area contributed by atoms with Crippen molar-refractivity contribution in [1.29, 1.82) is 0 Å². The van der Waals surface area contributed by atoms with Gasteiger partial charge in [0.15, 0.2) is 11.0 Å². The molecule has 1 saturated heterocycles. The molecule has 1 aromatic heterocycles. The van der Waals surface area contributed by atoms with E-state index in [0.29, 0.717) is 17.5 Å². The fraction of sp³-hybridized carbons (Fsp3) is 0.318. The number of carbonyl (C=O) groups is 1. The Labute approximate surface area is 178 Å². The zero-order valence-corrected chi connectivity index (χ0v) is 17.5. The normalized spacial score (nSPS) is 16.0. The second-order valence-electron chi connectivity index (χ2n) is 7.26. The number of halogens is 1. The fourth-order valence-corrected chi connectivity index (χ4v) is 4.08. The van der Waals surface area contributed by atoms with Crippen LogP contribution in [0.1, 0.15) is 18.4 Å². The Balaban J connectivity index is 1.49. The van der Waals surface area contributed by atoms with Crippen LogP contribution >= 0.6 is 11.8 Å². The summed E-state index contributed by atoms with van der Waals surface area (Å²) in [6, 6.07) is 13.8. The molecule has 0 saturated carbocycles. The highest BCUT2D eigenvalue weighted by Gasteiger charge is 2.22. The van der Waals surface area contributed by atoms with E-state index in [1.54, 1.807) is 12.1 Å². The number of carbonyl (C=O) groups excluding carboxylic acids is 1. The highest BCUT2D eigenvalue weighted by molar-refractivity contribution is 7.99. The number of rotatable bonds is 7. The average Bonchev–Trinajstić information content (AvgIpc) is 3.39. The Bertz CT molecular complexity index is 999. The molecule has 2 aromatic carbocycles. The predicted octanol–water partition coefficient (Wildman–Crippen LogP) is 4.30. The van der Waals surface area contributed by atoms with Crippen molar-refractivity contribution in [2.75, 3.05) is 17.7 Å². The monoisotopic (exact) mass is 426 g/mol. The van der Waals surface area contributed by atoms with Gasteiger partial charge < -0.3 is 10.1 Å². The Morgan fingerprint density at radius 2 is 1.97 bits per heavy atom. The molecule has 1 amide bonds. The van der Waals surface area contributed by atoms with Crippen LogP contribution in [0.15, 0.2) is 53.7 Å². The predicted molar refractivity (Wildman–Crippen MR) is 115 cm³/mol. The number of nitrogens with zero attached hydrogens (tertiary/aromatic N) is 3. The second kappa shape index (κ2) is 9.40. The summed E-state index contributed by atoms with van der Waals surface area (Å²) >= 11 is 1.33. The summed E-state index contributed by atoms with van der Waals surface area (Å²) in [5, 5.41) is 12.1. The van der Waals surface area contributed by atoms with E-state index >= 15 is 0 Å². The Kier molecular flexibility index (Phi) is 6.44. The van der Waals surface area contributed by atoms with Crippen LogP contribution in [-0.4, -0.2) is 39.1 Å². The third-order valence-corrected chi connectivity index (χ3v) is 5.86. The average molecular weight is 427 g/mol. The smallest absolute Gasteiger partial charge is 0.234 e. The molecule has 1 atom stereocenters. The molecule has 6 nitrogen and oxygen atoms in total. The van der Waals surface area contributed by atoms with Gasteiger partial charge in [0.2, 0.25) is 5.91 Å². The number of ether oxygens (including phenoxy) is 1. The minimum atomic E-state index is -0.300. The Morgan fingerprint density at radius 3 is 2.67 bits per heavy atom. The van der Waals surface area contributed by atoms with Crippen molar-refractivity contribution in [3.05, 3.63) is 59.9 Å². The molecule has 4 rings (SSSR count). The minimum absolute atomic E-state index is 0.0842. The van der Waals surface area contributed by atoms with Gasteiger partial charge in [0.1, 0.15) is 5.82 Å². The Hall–Kier alpha value is -2.71. The van der Waals surface area contributed by atoms with E-state index in [-0.39, 0.29) is 23.6 Å². The maximum absolute atomic E-state index is 13.3. The molecule has 0 radical (unpaired) electrons. The van der Waals surface area contributed by atoms with E-state index in [2.05, 4.69) is 15.5 Å². The number of hydrogen-bond acceptors (Lipinski definition) is 5. The number of thioether (sulfide) groups is 1. The van der Waals surface area contributed by atoms with Gasteiger partial charge in [-0.2, -0.15) is 0 Å². The maximum atomic E-state index is 13.3. The van der Waals surface area contributed by atoms with E-state index in [4.69, 9.17) is 4.74 Å². The van der Waals surface area contributed by atoms with E-state index < -0.39 is 0 Å². The summed E-state index contributed by atoms with van der Waals surface area (Å²) in [6.07, 6.45) is 2.08. The molecule has 3 aromatic rings. The summed E-state index contributed by atoms with van der Waals surface area (Å²) in [6.45, 7) is 3.35. The molecule has 156 valence electrons. The molecule has 8 heteroatoms. The van der Waals surface area contributed by atoms with Gasteiger partial charge in [0.25, 0.3) is 0 Å². The van der Waals surface area contributed by atoms with Crippen molar-refractivity contribution in [3.63, 3.8) is 0 Å². The highest BCUT2D eigenvalue weighted by Crippen LogP contribution is 2.27.